The summed E-state index contributed by atoms with van der Waals surface area (Å²) in [7, 11) is 0. The van der Waals surface area contributed by atoms with E-state index in [2.05, 4.69) is 15.3 Å². The molecule has 0 spiro atoms. The molecule has 2 aliphatic heterocycles. The quantitative estimate of drug-likeness (QED) is 0.827. The largest absolute Gasteiger partial charge is 0.341 e. The topological polar surface area (TPSA) is 53.4 Å². The van der Waals surface area contributed by atoms with Crippen LogP contribution in [0, 0.1) is 0 Å². The number of hydrogen-bond donors (Lipinski definition) is 1. The van der Waals surface area contributed by atoms with Gasteiger partial charge in [0.25, 0.3) is 0 Å². The molecular formula is C14H23N5O. The van der Waals surface area contributed by atoms with E-state index < -0.39 is 0 Å². The van der Waals surface area contributed by atoms with Crippen LogP contribution < -0.4 is 5.32 Å². The Hall–Kier alpha value is -1.40. The molecule has 1 amide bonds. The van der Waals surface area contributed by atoms with Gasteiger partial charge in [0.1, 0.15) is 0 Å². The lowest BCUT2D eigenvalue weighted by Gasteiger charge is -2.32. The maximum absolute atomic E-state index is 12.2. The minimum atomic E-state index is 0.262. The van der Waals surface area contributed by atoms with Crippen LogP contribution in [0.25, 0.3) is 0 Å². The minimum absolute atomic E-state index is 0.262. The fourth-order valence-electron chi connectivity index (χ4n) is 3.11. The number of carbonyl (C=O) groups excluding carboxylic acids is 1. The average molecular weight is 277 g/mol. The zero-order chi connectivity index (χ0) is 13.8. The Kier molecular flexibility index (Phi) is 4.32. The summed E-state index contributed by atoms with van der Waals surface area (Å²) in [6.07, 6.45) is 5.32. The summed E-state index contributed by atoms with van der Waals surface area (Å²) in [5.74, 6) is 0.262. The fourth-order valence-corrected chi connectivity index (χ4v) is 3.11. The van der Waals surface area contributed by atoms with Gasteiger partial charge in [-0.2, -0.15) is 5.10 Å². The number of carbonyl (C=O) groups is 1. The van der Waals surface area contributed by atoms with Gasteiger partial charge in [-0.1, -0.05) is 0 Å². The average Bonchev–Trinajstić information content (AvgIpc) is 3.17. The first-order chi connectivity index (χ1) is 9.83. The number of nitrogens with one attached hydrogen (secondary N) is 1. The number of nitrogens with zero attached hydrogens (tertiary/aromatic N) is 4. The van der Waals surface area contributed by atoms with Crippen LogP contribution in [-0.2, 0) is 11.3 Å². The Morgan fingerprint density at radius 1 is 1.30 bits per heavy atom. The monoisotopic (exact) mass is 277 g/mol. The van der Waals surface area contributed by atoms with Crippen molar-refractivity contribution in [3.8, 4) is 0 Å². The standard InChI is InChI=1S/C14H23N5O/c20-14(3-9-19-7-1-4-16-19)18-8-2-13(12-18)17-10-5-15-6-11-17/h1,4,7,13,15H,2-3,5-6,8-12H2. The summed E-state index contributed by atoms with van der Waals surface area (Å²) in [5, 5.41) is 7.51. The van der Waals surface area contributed by atoms with Gasteiger partial charge in [-0.25, -0.2) is 0 Å². The van der Waals surface area contributed by atoms with Gasteiger partial charge in [0.2, 0.25) is 5.91 Å². The molecule has 1 aromatic heterocycles. The lowest BCUT2D eigenvalue weighted by molar-refractivity contribution is -0.130. The highest BCUT2D eigenvalue weighted by Crippen LogP contribution is 2.17. The van der Waals surface area contributed by atoms with Crippen molar-refractivity contribution in [2.75, 3.05) is 39.3 Å². The summed E-state index contributed by atoms with van der Waals surface area (Å²) in [5.41, 5.74) is 0. The van der Waals surface area contributed by atoms with E-state index in [1.54, 1.807) is 6.20 Å². The molecule has 2 fully saturated rings. The molecule has 3 heterocycles. The summed E-state index contributed by atoms with van der Waals surface area (Å²) in [6, 6.07) is 2.45. The first kappa shape index (κ1) is 13.6. The fraction of sp³-hybridized carbons (Fsp3) is 0.714. The van der Waals surface area contributed by atoms with E-state index in [-0.39, 0.29) is 5.91 Å². The molecule has 110 valence electrons. The van der Waals surface area contributed by atoms with Gasteiger partial charge in [0.05, 0.1) is 0 Å². The molecule has 20 heavy (non-hydrogen) atoms. The van der Waals surface area contributed by atoms with Gasteiger partial charge in [0.15, 0.2) is 0 Å². The second-order valence-corrected chi connectivity index (χ2v) is 5.59. The van der Waals surface area contributed by atoms with Crippen LogP contribution in [0.4, 0.5) is 0 Å². The molecule has 0 aromatic carbocycles. The lowest BCUT2D eigenvalue weighted by atomic mass is 10.2. The third kappa shape index (κ3) is 3.19. The van der Waals surface area contributed by atoms with Gasteiger partial charge in [-0.05, 0) is 12.5 Å². The van der Waals surface area contributed by atoms with E-state index in [9.17, 15) is 4.79 Å². The van der Waals surface area contributed by atoms with E-state index in [1.807, 2.05) is 21.8 Å². The normalized spacial score (nSPS) is 24.2. The van der Waals surface area contributed by atoms with Gasteiger partial charge in [-0.3, -0.25) is 14.4 Å². The number of amides is 1. The van der Waals surface area contributed by atoms with E-state index in [1.165, 1.54) is 0 Å². The van der Waals surface area contributed by atoms with E-state index in [4.69, 9.17) is 0 Å². The summed E-state index contributed by atoms with van der Waals surface area (Å²) in [4.78, 5) is 16.8. The molecular weight excluding hydrogens is 254 g/mol. The van der Waals surface area contributed by atoms with Crippen molar-refractivity contribution in [2.24, 2.45) is 0 Å². The highest BCUT2D eigenvalue weighted by Gasteiger charge is 2.30. The van der Waals surface area contributed by atoms with Crippen LogP contribution in [0.1, 0.15) is 12.8 Å². The molecule has 0 saturated carbocycles. The Morgan fingerprint density at radius 3 is 2.90 bits per heavy atom. The van der Waals surface area contributed by atoms with Crippen molar-refractivity contribution in [3.05, 3.63) is 18.5 Å². The van der Waals surface area contributed by atoms with Crippen LogP contribution in [0.5, 0.6) is 0 Å². The van der Waals surface area contributed by atoms with Crippen LogP contribution >= 0.6 is 0 Å². The Morgan fingerprint density at radius 2 is 2.15 bits per heavy atom. The number of rotatable bonds is 4. The Bertz CT molecular complexity index is 427. The van der Waals surface area contributed by atoms with Crippen molar-refractivity contribution in [1.29, 1.82) is 0 Å². The lowest BCUT2D eigenvalue weighted by Crippen LogP contribution is -2.49. The van der Waals surface area contributed by atoms with Gasteiger partial charge < -0.3 is 10.2 Å². The predicted octanol–water partition coefficient (Wildman–Crippen LogP) is -0.221. The van der Waals surface area contributed by atoms with Crippen LogP contribution in [0.15, 0.2) is 18.5 Å². The highest BCUT2D eigenvalue weighted by molar-refractivity contribution is 5.76. The van der Waals surface area contributed by atoms with Crippen molar-refractivity contribution >= 4 is 5.91 Å². The number of piperazine rings is 1. The molecule has 0 aliphatic carbocycles. The number of hydrogen-bond acceptors (Lipinski definition) is 4. The summed E-state index contributed by atoms with van der Waals surface area (Å²) in [6.45, 7) is 6.86. The Labute approximate surface area is 119 Å². The molecule has 2 aliphatic rings. The molecule has 1 N–H and O–H groups in total. The van der Waals surface area contributed by atoms with Crippen LogP contribution in [0.3, 0.4) is 0 Å². The molecule has 6 heteroatoms. The first-order valence-electron chi connectivity index (χ1n) is 7.53. The number of aromatic nitrogens is 2. The zero-order valence-corrected chi connectivity index (χ0v) is 11.9. The van der Waals surface area contributed by atoms with E-state index in [0.29, 0.717) is 19.0 Å². The van der Waals surface area contributed by atoms with Crippen LogP contribution in [-0.4, -0.2) is 70.8 Å². The van der Waals surface area contributed by atoms with Crippen molar-refractivity contribution in [1.82, 2.24) is 24.9 Å². The maximum Gasteiger partial charge on any atom is 0.224 e. The minimum Gasteiger partial charge on any atom is -0.341 e. The van der Waals surface area contributed by atoms with Gasteiger partial charge in [-0.15, -0.1) is 0 Å². The molecule has 1 aromatic rings. The third-order valence-corrected chi connectivity index (χ3v) is 4.30. The highest BCUT2D eigenvalue weighted by atomic mass is 16.2. The number of likely N-dealkylation sites (tertiary alicyclic amines) is 1. The second kappa shape index (κ2) is 6.37. The van der Waals surface area contributed by atoms with E-state index >= 15 is 0 Å². The molecule has 1 unspecified atom stereocenters. The first-order valence-corrected chi connectivity index (χ1v) is 7.53. The molecule has 0 radical (unpaired) electrons. The second-order valence-electron chi connectivity index (χ2n) is 5.59. The molecule has 0 bridgehead atoms. The number of aryl methyl sites for hydroxylation is 1. The van der Waals surface area contributed by atoms with Crippen LogP contribution in [0.2, 0.25) is 0 Å². The summed E-state index contributed by atoms with van der Waals surface area (Å²) >= 11 is 0. The third-order valence-electron chi connectivity index (χ3n) is 4.30. The SMILES string of the molecule is O=C(CCn1cccn1)N1CCC(N2CCNCC2)C1. The molecule has 3 rings (SSSR count). The van der Waals surface area contributed by atoms with Gasteiger partial charge >= 0.3 is 0 Å². The Balaban J connectivity index is 1.45. The van der Waals surface area contributed by atoms with Crippen molar-refractivity contribution in [3.63, 3.8) is 0 Å². The molecule has 1 atom stereocenters. The predicted molar refractivity (Wildman–Crippen MR) is 76.3 cm³/mol. The smallest absolute Gasteiger partial charge is 0.224 e. The van der Waals surface area contributed by atoms with E-state index in [0.717, 1.165) is 45.7 Å². The summed E-state index contributed by atoms with van der Waals surface area (Å²) < 4.78 is 1.82. The molecule has 2 saturated heterocycles. The van der Waals surface area contributed by atoms with Crippen molar-refractivity contribution < 1.29 is 4.79 Å². The zero-order valence-electron chi connectivity index (χ0n) is 11.9. The maximum atomic E-state index is 12.2. The van der Waals surface area contributed by atoms with Crippen molar-refractivity contribution in [2.45, 2.75) is 25.4 Å². The van der Waals surface area contributed by atoms with Gasteiger partial charge in [0, 0.05) is 70.7 Å². The molecule has 6 nitrogen and oxygen atoms in total.